The van der Waals surface area contributed by atoms with Crippen LogP contribution >= 0.6 is 15.9 Å². The summed E-state index contributed by atoms with van der Waals surface area (Å²) < 4.78 is 38.2. The van der Waals surface area contributed by atoms with Gasteiger partial charge in [-0.25, -0.2) is 14.4 Å². The second kappa shape index (κ2) is 32.0. The van der Waals surface area contributed by atoms with E-state index in [9.17, 15) is 61.9 Å². The van der Waals surface area contributed by atoms with Crippen molar-refractivity contribution in [2.75, 3.05) is 72.5 Å². The molecule has 620 valence electrons. The molecule has 9 aliphatic heterocycles. The number of carbonyl (C=O) groups is 12. The molecule has 2 unspecified atom stereocenters. The number of halogens is 2. The molecule has 12 amide bonds. The topological polar surface area (TPSA) is 372 Å². The van der Waals surface area contributed by atoms with Gasteiger partial charge in [0.05, 0.1) is 44.5 Å². The van der Waals surface area contributed by atoms with Gasteiger partial charge in [-0.15, -0.1) is 0 Å². The van der Waals surface area contributed by atoms with Crippen LogP contribution in [0.15, 0.2) is 196 Å². The van der Waals surface area contributed by atoms with Crippen LogP contribution in [-0.4, -0.2) is 189 Å². The molecular formula is C90H80BrFN14O16. The number of H-pyrrole nitrogens is 1. The van der Waals surface area contributed by atoms with Gasteiger partial charge in [-0.3, -0.25) is 83.9 Å². The molecule has 6 aromatic carbocycles. The number of fused-ring (bicyclic) bond motifs is 6. The maximum absolute atomic E-state index is 14.9. The van der Waals surface area contributed by atoms with E-state index in [2.05, 4.69) is 76.3 Å². The average Bonchev–Trinajstić information content (AvgIpc) is 1.59. The van der Waals surface area contributed by atoms with Crippen LogP contribution in [0.1, 0.15) is 125 Å². The summed E-state index contributed by atoms with van der Waals surface area (Å²) in [6, 6.07) is 51.0. The van der Waals surface area contributed by atoms with Gasteiger partial charge >= 0.3 is 0 Å². The molecule has 5 aromatic heterocycles. The number of anilines is 1. The van der Waals surface area contributed by atoms with Crippen molar-refractivity contribution >= 4 is 115 Å². The molecule has 11 aromatic rings. The molecule has 0 saturated carbocycles. The standard InChI is InChI=1S/C28H30FN5O5.C24H19N5O5.C19H15BrN2O3.C19H16N2O3/c1-32(2)17-8-10-33(11-9-17)22-7-6-19-18(30-22)12-21(39-19)28(13-23(35)31-27(28)37)15-34-14-16-4-5-20(38-3)25(29)24(16)26(34)36;1-33-15-3-2-13-11-29(22(31)16(13)6-15)12-24(8-21(30)28-23(24)32)20-7-18-19(34-20)5-4-17(27-18)14-9-25-26-10-14;20-14-7-5-13(6-8-14)19(9-16(23)21-18(19)25)11-22-10-12-3-1-2-4-15(12)17(22)24;22-16-10-19(18(24)20-16,14-7-2-1-3-8-14)12-21-11-13-6-4-5-9-15(13)17(21)23/h4-7,12,17H,8-11,13-15H2,1-3H3,(H,31,35,37);2-7,9-10H,8,11-12H2,1H3,(H,25,26)(H,28,30,32);1-8H,9-11H2,(H,21,23,25);1-9H,10-12H2,(H,20,22,24)/t28-;24-;;/m11../s1. The molecule has 5 fully saturated rings. The number of methoxy groups -OCH3 is 2. The number of furan rings is 2. The van der Waals surface area contributed by atoms with Gasteiger partial charge in [-0.2, -0.15) is 5.10 Å². The molecule has 32 heteroatoms. The normalized spacial score (nSPS) is 21.5. The number of hydrogen-bond donors (Lipinski definition) is 5. The lowest BCUT2D eigenvalue weighted by Crippen LogP contribution is -2.46. The number of imide groups is 4. The van der Waals surface area contributed by atoms with E-state index in [4.69, 9.17) is 23.3 Å². The zero-order valence-electron chi connectivity index (χ0n) is 66.5. The molecule has 30 nitrogen and oxygen atoms in total. The molecular weight excluding hydrogens is 1630 g/mol. The predicted octanol–water partition coefficient (Wildman–Crippen LogP) is 8.63. The lowest BCUT2D eigenvalue weighted by atomic mass is 9.78. The number of hydrogen-bond acceptors (Lipinski definition) is 21. The molecule has 122 heavy (non-hydrogen) atoms. The predicted molar refractivity (Wildman–Crippen MR) is 441 cm³/mol. The van der Waals surface area contributed by atoms with Crippen molar-refractivity contribution in [3.05, 3.63) is 260 Å². The SMILES string of the molecule is COc1ccc2c(c1)C(=O)N(C[C@@]1(c3cc4nc(-c5cn[nH]c5)ccc4o3)CC(=O)NC1=O)C2.COc1ccc2c(c1F)C(=O)N(C[C@@]1(c3cc4nc(N5CCC(N(C)C)CC5)ccc4o3)CC(=O)NC1=O)C2.O=C1CC(CN2Cc3ccccc3C2=O)(c2ccc(Br)cc2)C(=O)N1.O=C1CC(CN2Cc3ccccc3C2=O)(c2ccccc2)C(=O)N1. The Labute approximate surface area is 704 Å². The Hall–Kier alpha value is -13.9. The summed E-state index contributed by atoms with van der Waals surface area (Å²) in [6.45, 7) is 3.33. The molecule has 5 saturated heterocycles. The van der Waals surface area contributed by atoms with Crippen LogP contribution in [0.2, 0.25) is 0 Å². The first-order valence-electron chi connectivity index (χ1n) is 39.5. The zero-order chi connectivity index (χ0) is 85.3. The van der Waals surface area contributed by atoms with Gasteiger partial charge in [-0.1, -0.05) is 107 Å². The third-order valence-electron chi connectivity index (χ3n) is 24.4. The highest BCUT2D eigenvalue weighted by Crippen LogP contribution is 2.45. The molecule has 0 bridgehead atoms. The average molecular weight is 1710 g/mol. The Morgan fingerprint density at radius 1 is 0.484 bits per heavy atom. The first kappa shape index (κ1) is 80.5. The second-order valence-electron chi connectivity index (χ2n) is 32.0. The Bertz CT molecular complexity index is 6170. The molecule has 0 aliphatic carbocycles. The van der Waals surface area contributed by atoms with Gasteiger partial charge in [0, 0.05) is 129 Å². The Morgan fingerprint density at radius 3 is 1.43 bits per heavy atom. The summed E-state index contributed by atoms with van der Waals surface area (Å²) >= 11 is 3.38. The quantitative estimate of drug-likeness (QED) is 0.0532. The van der Waals surface area contributed by atoms with Crippen molar-refractivity contribution < 1.29 is 80.2 Å². The number of amides is 12. The summed E-state index contributed by atoms with van der Waals surface area (Å²) in [6.07, 6.45) is 5.26. The van der Waals surface area contributed by atoms with Crippen molar-refractivity contribution in [3.8, 4) is 22.8 Å². The summed E-state index contributed by atoms with van der Waals surface area (Å²) in [7, 11) is 7.06. The van der Waals surface area contributed by atoms with E-state index in [1.165, 1.54) is 25.2 Å². The summed E-state index contributed by atoms with van der Waals surface area (Å²) in [5.41, 5.74) is 5.20. The molecule has 9 aliphatic rings. The Balaban J connectivity index is 0.000000118. The van der Waals surface area contributed by atoms with Crippen LogP contribution < -0.4 is 35.6 Å². The van der Waals surface area contributed by atoms with Crippen molar-refractivity contribution in [1.29, 1.82) is 0 Å². The minimum Gasteiger partial charge on any atom is -0.497 e. The molecule has 14 heterocycles. The fourth-order valence-electron chi connectivity index (χ4n) is 17.9. The Kier molecular flexibility index (Phi) is 21.1. The number of nitrogens with one attached hydrogen (secondary N) is 5. The van der Waals surface area contributed by atoms with Gasteiger partial charge in [-0.05, 0) is 127 Å². The van der Waals surface area contributed by atoms with Gasteiger partial charge in [0.25, 0.3) is 23.6 Å². The van der Waals surface area contributed by atoms with Gasteiger partial charge in [0.2, 0.25) is 47.3 Å². The third-order valence-corrected chi connectivity index (χ3v) is 24.9. The van der Waals surface area contributed by atoms with Crippen LogP contribution in [-0.2, 0) is 86.2 Å². The molecule has 0 radical (unpaired) electrons. The fraction of sp³-hybridized carbons (Fsp3) is 0.278. The van der Waals surface area contributed by atoms with E-state index in [0.717, 1.165) is 69.6 Å². The van der Waals surface area contributed by atoms with Crippen molar-refractivity contribution in [2.24, 2.45) is 0 Å². The van der Waals surface area contributed by atoms with Crippen LogP contribution in [0.5, 0.6) is 11.5 Å². The minimum atomic E-state index is -1.46. The number of piperidine rings is 1. The minimum absolute atomic E-state index is 0.00515. The molecule has 20 rings (SSSR count). The smallest absolute Gasteiger partial charge is 0.257 e. The van der Waals surface area contributed by atoms with Crippen molar-refractivity contribution in [3.63, 3.8) is 0 Å². The molecule has 5 N–H and O–H groups in total. The zero-order valence-corrected chi connectivity index (χ0v) is 68.1. The van der Waals surface area contributed by atoms with Crippen molar-refractivity contribution in [2.45, 2.75) is 92.4 Å². The summed E-state index contributed by atoms with van der Waals surface area (Å²) in [5.74, 6) is -3.01. The molecule has 0 spiro atoms. The van der Waals surface area contributed by atoms with Gasteiger partial charge in [0.1, 0.15) is 55.8 Å². The number of aromatic nitrogens is 4. The largest absolute Gasteiger partial charge is 0.497 e. The number of nitrogens with zero attached hydrogens (tertiary/aromatic N) is 9. The van der Waals surface area contributed by atoms with Crippen LogP contribution in [0.4, 0.5) is 10.2 Å². The molecule has 4 atom stereocenters. The van der Waals surface area contributed by atoms with Crippen LogP contribution in [0, 0.1) is 5.82 Å². The number of carbonyl (C=O) groups excluding carboxylic acids is 12. The third kappa shape index (κ3) is 14.6. The van der Waals surface area contributed by atoms with E-state index in [1.807, 2.05) is 109 Å². The van der Waals surface area contributed by atoms with Crippen molar-refractivity contribution in [1.82, 2.24) is 65.9 Å². The highest BCUT2D eigenvalue weighted by molar-refractivity contribution is 9.10. The fourth-order valence-corrected chi connectivity index (χ4v) is 18.2. The number of aromatic amines is 1. The maximum Gasteiger partial charge on any atom is 0.257 e. The van der Waals surface area contributed by atoms with Gasteiger partial charge < -0.3 is 47.7 Å². The first-order chi connectivity index (χ1) is 58.8. The van der Waals surface area contributed by atoms with E-state index < -0.39 is 57.0 Å². The number of benzene rings is 6. The monoisotopic (exact) mass is 1710 g/mol. The lowest BCUT2D eigenvalue weighted by molar-refractivity contribution is -0.128. The number of pyridine rings is 2. The first-order valence-corrected chi connectivity index (χ1v) is 40.3. The summed E-state index contributed by atoms with van der Waals surface area (Å²) in [5, 5.41) is 16.2. The van der Waals surface area contributed by atoms with Crippen LogP contribution in [0.3, 0.4) is 0 Å². The highest BCUT2D eigenvalue weighted by Gasteiger charge is 2.57. The summed E-state index contributed by atoms with van der Waals surface area (Å²) in [4.78, 5) is 172. The number of rotatable bonds is 17. The number of ether oxygens (including phenoxy) is 2. The van der Waals surface area contributed by atoms with Gasteiger partial charge in [0.15, 0.2) is 22.7 Å². The Morgan fingerprint density at radius 2 is 0.943 bits per heavy atom. The van der Waals surface area contributed by atoms with E-state index >= 15 is 0 Å². The second-order valence-corrected chi connectivity index (χ2v) is 33.0. The van der Waals surface area contributed by atoms with Crippen LogP contribution in [0.25, 0.3) is 33.5 Å². The van der Waals surface area contributed by atoms with E-state index in [1.54, 1.807) is 81.7 Å². The lowest BCUT2D eigenvalue weighted by Gasteiger charge is -2.35. The van der Waals surface area contributed by atoms with E-state index in [-0.39, 0.29) is 117 Å². The van der Waals surface area contributed by atoms with E-state index in [0.29, 0.717) is 87.3 Å². The highest BCUT2D eigenvalue weighted by atomic mass is 79.9. The maximum atomic E-state index is 14.9.